The van der Waals surface area contributed by atoms with Gasteiger partial charge in [0.2, 0.25) is 5.78 Å². The van der Waals surface area contributed by atoms with E-state index in [9.17, 15) is 14.9 Å². The van der Waals surface area contributed by atoms with Crippen LogP contribution in [0.15, 0.2) is 43.0 Å². The average Bonchev–Trinajstić information content (AvgIpc) is 2.26. The van der Waals surface area contributed by atoms with Crippen LogP contribution in [0.3, 0.4) is 0 Å². The summed E-state index contributed by atoms with van der Waals surface area (Å²) in [6, 6.07) is 7.04. The molecule has 4 heteroatoms. The number of hydrogen-bond acceptors (Lipinski definition) is 3. The van der Waals surface area contributed by atoms with E-state index in [1.807, 2.05) is 0 Å². The van der Waals surface area contributed by atoms with Crippen LogP contribution in [0, 0.1) is 10.1 Å². The molecular formula is C11H11NO3. The predicted molar refractivity (Wildman–Crippen MR) is 56.4 cm³/mol. The molecule has 0 N–H and O–H groups in total. The van der Waals surface area contributed by atoms with Gasteiger partial charge in [-0.3, -0.25) is 14.9 Å². The SMILES string of the molecule is C=CCC(C(=O)c1ccccc1)[N+](=O)[O-]. The van der Waals surface area contributed by atoms with E-state index in [1.165, 1.54) is 6.08 Å². The second-order valence-corrected chi connectivity index (χ2v) is 3.06. The molecule has 4 nitrogen and oxygen atoms in total. The zero-order chi connectivity index (χ0) is 11.3. The molecule has 1 rings (SSSR count). The second-order valence-electron chi connectivity index (χ2n) is 3.06. The van der Waals surface area contributed by atoms with Gasteiger partial charge in [0.25, 0.3) is 6.04 Å². The van der Waals surface area contributed by atoms with Gasteiger partial charge >= 0.3 is 0 Å². The molecule has 1 unspecified atom stereocenters. The highest BCUT2D eigenvalue weighted by Crippen LogP contribution is 2.09. The Morgan fingerprint density at radius 2 is 2.07 bits per heavy atom. The molecule has 0 saturated heterocycles. The molecule has 78 valence electrons. The molecule has 0 amide bonds. The predicted octanol–water partition coefficient (Wildman–Crippen LogP) is 2.09. The van der Waals surface area contributed by atoms with E-state index in [0.29, 0.717) is 5.56 Å². The lowest BCUT2D eigenvalue weighted by atomic mass is 10.0. The van der Waals surface area contributed by atoms with E-state index in [1.54, 1.807) is 30.3 Å². The summed E-state index contributed by atoms with van der Waals surface area (Å²) in [5.41, 5.74) is 0.362. The summed E-state index contributed by atoms with van der Waals surface area (Å²) in [5, 5.41) is 10.6. The van der Waals surface area contributed by atoms with Gasteiger partial charge in [-0.1, -0.05) is 36.4 Å². The molecule has 0 aliphatic heterocycles. The van der Waals surface area contributed by atoms with Crippen molar-refractivity contribution < 1.29 is 9.72 Å². The van der Waals surface area contributed by atoms with E-state index < -0.39 is 16.7 Å². The van der Waals surface area contributed by atoms with Gasteiger partial charge in [0.05, 0.1) is 0 Å². The van der Waals surface area contributed by atoms with Crippen molar-refractivity contribution in [3.05, 3.63) is 58.7 Å². The lowest BCUT2D eigenvalue weighted by molar-refractivity contribution is -0.504. The van der Waals surface area contributed by atoms with Gasteiger partial charge in [0.1, 0.15) is 0 Å². The summed E-state index contributed by atoms with van der Waals surface area (Å²) in [4.78, 5) is 21.8. The minimum absolute atomic E-state index is 0.0563. The fourth-order valence-electron chi connectivity index (χ4n) is 1.24. The Labute approximate surface area is 87.4 Å². The van der Waals surface area contributed by atoms with Crippen molar-refractivity contribution in [1.29, 1.82) is 0 Å². The molecule has 0 spiro atoms. The van der Waals surface area contributed by atoms with Crippen molar-refractivity contribution in [2.75, 3.05) is 0 Å². The lowest BCUT2D eigenvalue weighted by Gasteiger charge is -2.05. The number of carbonyl (C=O) groups is 1. The number of ketones is 1. The van der Waals surface area contributed by atoms with Crippen LogP contribution in [0.2, 0.25) is 0 Å². The largest absolute Gasteiger partial charge is 0.286 e. The minimum atomic E-state index is -1.22. The van der Waals surface area contributed by atoms with Crippen molar-refractivity contribution in [2.45, 2.75) is 12.5 Å². The first-order chi connectivity index (χ1) is 7.16. The van der Waals surface area contributed by atoms with Gasteiger partial charge in [-0.15, -0.1) is 6.58 Å². The second kappa shape index (κ2) is 5.05. The van der Waals surface area contributed by atoms with Crippen LogP contribution in [0.25, 0.3) is 0 Å². The molecular weight excluding hydrogens is 194 g/mol. The maximum atomic E-state index is 11.7. The summed E-state index contributed by atoms with van der Waals surface area (Å²) >= 11 is 0. The molecule has 0 fully saturated rings. The topological polar surface area (TPSA) is 60.2 Å². The smallest absolute Gasteiger partial charge is 0.278 e. The zero-order valence-electron chi connectivity index (χ0n) is 8.13. The first-order valence-corrected chi connectivity index (χ1v) is 4.50. The molecule has 1 aromatic rings. The number of nitrogens with zero attached hydrogens (tertiary/aromatic N) is 1. The zero-order valence-corrected chi connectivity index (χ0v) is 8.13. The van der Waals surface area contributed by atoms with Gasteiger partial charge in [0, 0.05) is 16.9 Å². The average molecular weight is 205 g/mol. The monoisotopic (exact) mass is 205 g/mol. The molecule has 0 heterocycles. The molecule has 1 atom stereocenters. The number of benzene rings is 1. The van der Waals surface area contributed by atoms with E-state index in [2.05, 4.69) is 6.58 Å². The summed E-state index contributed by atoms with van der Waals surface area (Å²) in [6.45, 7) is 3.40. The van der Waals surface area contributed by atoms with Gasteiger partial charge in [-0.2, -0.15) is 0 Å². The lowest BCUT2D eigenvalue weighted by Crippen LogP contribution is -2.28. The van der Waals surface area contributed by atoms with Crippen molar-refractivity contribution in [3.63, 3.8) is 0 Å². The summed E-state index contributed by atoms with van der Waals surface area (Å²) < 4.78 is 0. The van der Waals surface area contributed by atoms with Gasteiger partial charge in [-0.05, 0) is 0 Å². The molecule has 0 aliphatic carbocycles. The number of Topliss-reactive ketones (excluding diaryl/α,β-unsaturated/α-hetero) is 1. The highest BCUT2D eigenvalue weighted by Gasteiger charge is 2.28. The standard InChI is InChI=1S/C11H11NO3/c1-2-6-10(12(14)15)11(13)9-7-4-3-5-8-9/h2-5,7-8,10H,1,6H2. The minimum Gasteiger partial charge on any atom is -0.286 e. The van der Waals surface area contributed by atoms with E-state index in [-0.39, 0.29) is 6.42 Å². The van der Waals surface area contributed by atoms with E-state index >= 15 is 0 Å². The Balaban J connectivity index is 2.91. The van der Waals surface area contributed by atoms with Crippen LogP contribution >= 0.6 is 0 Å². The van der Waals surface area contributed by atoms with Crippen LogP contribution in [0.1, 0.15) is 16.8 Å². The maximum Gasteiger partial charge on any atom is 0.278 e. The fourth-order valence-corrected chi connectivity index (χ4v) is 1.24. The third-order valence-electron chi connectivity index (χ3n) is 2.01. The number of hydrogen-bond donors (Lipinski definition) is 0. The van der Waals surface area contributed by atoms with Gasteiger partial charge in [0.15, 0.2) is 0 Å². The molecule has 0 radical (unpaired) electrons. The summed E-state index contributed by atoms with van der Waals surface area (Å²) in [5.74, 6) is -0.472. The Morgan fingerprint density at radius 1 is 1.47 bits per heavy atom. The van der Waals surface area contributed by atoms with Crippen molar-refractivity contribution in [1.82, 2.24) is 0 Å². The molecule has 0 aliphatic rings. The third-order valence-corrected chi connectivity index (χ3v) is 2.01. The van der Waals surface area contributed by atoms with Crippen LogP contribution in [0.5, 0.6) is 0 Å². The van der Waals surface area contributed by atoms with E-state index in [0.717, 1.165) is 0 Å². The quantitative estimate of drug-likeness (QED) is 0.320. The van der Waals surface area contributed by atoms with Crippen LogP contribution in [-0.4, -0.2) is 16.7 Å². The normalized spacial score (nSPS) is 11.7. The Kier molecular flexibility index (Phi) is 3.74. The fraction of sp³-hybridized carbons (Fsp3) is 0.182. The highest BCUT2D eigenvalue weighted by atomic mass is 16.6. The molecule has 0 bridgehead atoms. The summed E-state index contributed by atoms with van der Waals surface area (Å²) in [7, 11) is 0. The van der Waals surface area contributed by atoms with E-state index in [4.69, 9.17) is 0 Å². The first-order valence-electron chi connectivity index (χ1n) is 4.50. The molecule has 15 heavy (non-hydrogen) atoms. The maximum absolute atomic E-state index is 11.7. The molecule has 0 aromatic heterocycles. The third kappa shape index (κ3) is 2.74. The Bertz CT molecular complexity index is 373. The molecule has 1 aromatic carbocycles. The van der Waals surface area contributed by atoms with Crippen molar-refractivity contribution in [2.24, 2.45) is 0 Å². The number of carbonyl (C=O) groups excluding carboxylic acids is 1. The molecule has 0 saturated carbocycles. The van der Waals surface area contributed by atoms with Crippen LogP contribution in [-0.2, 0) is 0 Å². The Morgan fingerprint density at radius 3 is 2.53 bits per heavy atom. The first kappa shape index (κ1) is 11.1. The van der Waals surface area contributed by atoms with Gasteiger partial charge < -0.3 is 0 Å². The van der Waals surface area contributed by atoms with Crippen molar-refractivity contribution >= 4 is 5.78 Å². The van der Waals surface area contributed by atoms with Crippen LogP contribution in [0.4, 0.5) is 0 Å². The number of rotatable bonds is 5. The Hall–Kier alpha value is -1.97. The van der Waals surface area contributed by atoms with Crippen molar-refractivity contribution in [3.8, 4) is 0 Å². The van der Waals surface area contributed by atoms with Crippen LogP contribution < -0.4 is 0 Å². The van der Waals surface area contributed by atoms with Gasteiger partial charge in [-0.25, -0.2) is 0 Å². The summed E-state index contributed by atoms with van der Waals surface area (Å²) in [6.07, 6.45) is 1.44. The number of nitro groups is 1. The highest BCUT2D eigenvalue weighted by molar-refractivity contribution is 5.99.